The first-order chi connectivity index (χ1) is 8.31. The second kappa shape index (κ2) is 5.64. The maximum atomic E-state index is 11.7. The summed E-state index contributed by atoms with van der Waals surface area (Å²) in [5.74, 6) is -0.600. The molecule has 0 bridgehead atoms. The lowest BCUT2D eigenvalue weighted by atomic mass is 10.1. The first-order valence-corrected chi connectivity index (χ1v) is 5.56. The molecule has 5 heteroatoms. The van der Waals surface area contributed by atoms with Gasteiger partial charge >= 0.3 is 11.9 Å². The van der Waals surface area contributed by atoms with Crippen LogP contribution in [0.3, 0.4) is 0 Å². The highest BCUT2D eigenvalue weighted by atomic mass is 16.6. The van der Waals surface area contributed by atoms with E-state index >= 15 is 0 Å². The van der Waals surface area contributed by atoms with E-state index in [1.807, 2.05) is 0 Å². The van der Waals surface area contributed by atoms with Crippen molar-refractivity contribution in [2.45, 2.75) is 26.4 Å². The molecule has 18 heavy (non-hydrogen) atoms. The van der Waals surface area contributed by atoms with Crippen LogP contribution in [0.5, 0.6) is 5.75 Å². The molecule has 0 radical (unpaired) electrons. The Balaban J connectivity index is 2.71. The Morgan fingerprint density at radius 1 is 1.17 bits per heavy atom. The Labute approximate surface area is 106 Å². The van der Waals surface area contributed by atoms with Crippen LogP contribution in [0.2, 0.25) is 0 Å². The minimum atomic E-state index is -0.540. The fraction of sp³-hybridized carbons (Fsp3) is 0.385. The smallest absolute Gasteiger partial charge is 0.338 e. The number of esters is 2. The average Bonchev–Trinajstić information content (AvgIpc) is 2.27. The van der Waals surface area contributed by atoms with Crippen LogP contribution in [0, 0.1) is 0 Å². The van der Waals surface area contributed by atoms with Crippen molar-refractivity contribution in [2.24, 2.45) is 5.73 Å². The van der Waals surface area contributed by atoms with Crippen molar-refractivity contribution in [1.82, 2.24) is 0 Å². The van der Waals surface area contributed by atoms with Gasteiger partial charge in [-0.25, -0.2) is 4.79 Å². The van der Waals surface area contributed by atoms with Crippen LogP contribution in [0.4, 0.5) is 0 Å². The third-order valence-electron chi connectivity index (χ3n) is 1.89. The normalized spacial score (nSPS) is 10.9. The molecule has 0 unspecified atom stereocenters. The molecular formula is C13H17NO4. The predicted octanol–water partition coefficient (Wildman–Crippen LogP) is 1.51. The van der Waals surface area contributed by atoms with Gasteiger partial charge in [0.2, 0.25) is 0 Å². The van der Waals surface area contributed by atoms with Crippen LogP contribution in [0.1, 0.15) is 31.1 Å². The van der Waals surface area contributed by atoms with Crippen molar-refractivity contribution < 1.29 is 19.1 Å². The van der Waals surface area contributed by atoms with Crippen molar-refractivity contribution in [3.63, 3.8) is 0 Å². The molecule has 0 aliphatic carbocycles. The Morgan fingerprint density at radius 2 is 1.72 bits per heavy atom. The minimum Gasteiger partial charge on any atom is -0.456 e. The lowest BCUT2D eigenvalue weighted by Crippen LogP contribution is -2.23. The zero-order chi connectivity index (χ0) is 13.8. The molecule has 1 aromatic carbocycles. The highest BCUT2D eigenvalue weighted by Gasteiger charge is 2.17. The lowest BCUT2D eigenvalue weighted by molar-refractivity contribution is -0.132. The van der Waals surface area contributed by atoms with E-state index in [1.54, 1.807) is 20.8 Å². The zero-order valence-corrected chi connectivity index (χ0v) is 10.7. The molecular weight excluding hydrogens is 234 g/mol. The Morgan fingerprint density at radius 3 is 2.17 bits per heavy atom. The molecule has 5 nitrogen and oxygen atoms in total. The van der Waals surface area contributed by atoms with Crippen LogP contribution < -0.4 is 10.5 Å². The molecule has 0 spiro atoms. The summed E-state index contributed by atoms with van der Waals surface area (Å²) in [6.45, 7) is 5.20. The van der Waals surface area contributed by atoms with E-state index in [9.17, 15) is 9.59 Å². The largest absolute Gasteiger partial charge is 0.456 e. The van der Waals surface area contributed by atoms with Crippen LogP contribution in [-0.2, 0) is 9.53 Å². The highest BCUT2D eigenvalue weighted by Crippen LogP contribution is 2.16. The molecule has 0 saturated heterocycles. The van der Waals surface area contributed by atoms with Gasteiger partial charge in [-0.05, 0) is 45.0 Å². The maximum absolute atomic E-state index is 11.7. The van der Waals surface area contributed by atoms with Crippen LogP contribution in [0.15, 0.2) is 24.3 Å². The fourth-order valence-corrected chi connectivity index (χ4v) is 1.17. The third-order valence-corrected chi connectivity index (χ3v) is 1.89. The van der Waals surface area contributed by atoms with E-state index in [4.69, 9.17) is 15.2 Å². The molecule has 0 saturated carbocycles. The summed E-state index contributed by atoms with van der Waals surface area (Å²) in [5.41, 5.74) is 4.98. The van der Waals surface area contributed by atoms with Crippen LogP contribution >= 0.6 is 0 Å². The van der Waals surface area contributed by atoms with Gasteiger partial charge in [0, 0.05) is 0 Å². The first-order valence-electron chi connectivity index (χ1n) is 5.56. The van der Waals surface area contributed by atoms with Crippen molar-refractivity contribution in [3.8, 4) is 5.75 Å². The molecule has 0 aliphatic heterocycles. The van der Waals surface area contributed by atoms with Gasteiger partial charge in [0.05, 0.1) is 12.1 Å². The Kier molecular flexibility index (Phi) is 4.44. The summed E-state index contributed by atoms with van der Waals surface area (Å²) in [5, 5.41) is 0. The topological polar surface area (TPSA) is 78.6 Å². The van der Waals surface area contributed by atoms with Gasteiger partial charge in [0.25, 0.3) is 0 Å². The molecule has 0 amide bonds. The summed E-state index contributed by atoms with van der Waals surface area (Å²) < 4.78 is 10.1. The number of benzene rings is 1. The van der Waals surface area contributed by atoms with Crippen molar-refractivity contribution in [1.29, 1.82) is 0 Å². The zero-order valence-electron chi connectivity index (χ0n) is 10.7. The van der Waals surface area contributed by atoms with Gasteiger partial charge in [-0.2, -0.15) is 0 Å². The monoisotopic (exact) mass is 251 g/mol. The molecule has 0 aromatic heterocycles. The number of carbonyl (C=O) groups excluding carboxylic acids is 2. The van der Waals surface area contributed by atoms with Gasteiger partial charge in [-0.1, -0.05) is 0 Å². The number of ether oxygens (including phenoxy) is 2. The maximum Gasteiger partial charge on any atom is 0.338 e. The molecule has 0 fully saturated rings. The van der Waals surface area contributed by atoms with E-state index in [0.29, 0.717) is 11.3 Å². The van der Waals surface area contributed by atoms with Gasteiger partial charge in [0.15, 0.2) is 0 Å². The first kappa shape index (κ1) is 14.2. The van der Waals surface area contributed by atoms with E-state index < -0.39 is 17.5 Å². The number of hydrogen-bond acceptors (Lipinski definition) is 5. The van der Waals surface area contributed by atoms with Crippen molar-refractivity contribution >= 4 is 11.9 Å². The van der Waals surface area contributed by atoms with E-state index in [2.05, 4.69) is 0 Å². The van der Waals surface area contributed by atoms with Crippen molar-refractivity contribution in [3.05, 3.63) is 29.8 Å². The lowest BCUT2D eigenvalue weighted by Gasteiger charge is -2.19. The molecule has 0 atom stereocenters. The summed E-state index contributed by atoms with van der Waals surface area (Å²) in [7, 11) is 0. The fourth-order valence-electron chi connectivity index (χ4n) is 1.17. The SMILES string of the molecule is CC(C)(C)OC(=O)c1ccc(OC(=O)CN)cc1. The molecule has 0 heterocycles. The van der Waals surface area contributed by atoms with E-state index in [1.165, 1.54) is 24.3 Å². The van der Waals surface area contributed by atoms with Gasteiger partial charge in [-0.15, -0.1) is 0 Å². The number of nitrogens with two attached hydrogens (primary N) is 1. The van der Waals surface area contributed by atoms with E-state index in [0.717, 1.165) is 0 Å². The number of rotatable bonds is 3. The Hall–Kier alpha value is -1.88. The highest BCUT2D eigenvalue weighted by molar-refractivity contribution is 5.89. The standard InChI is InChI=1S/C13H17NO4/c1-13(2,3)18-12(16)9-4-6-10(7-5-9)17-11(15)8-14/h4-7H,8,14H2,1-3H3. The minimum absolute atomic E-state index is 0.187. The molecule has 1 rings (SSSR count). The van der Waals surface area contributed by atoms with Crippen LogP contribution in [0.25, 0.3) is 0 Å². The molecule has 98 valence electrons. The summed E-state index contributed by atoms with van der Waals surface area (Å²) in [4.78, 5) is 22.6. The van der Waals surface area contributed by atoms with E-state index in [-0.39, 0.29) is 6.54 Å². The third kappa shape index (κ3) is 4.55. The number of hydrogen-bond donors (Lipinski definition) is 1. The van der Waals surface area contributed by atoms with Gasteiger partial charge in [0.1, 0.15) is 11.4 Å². The van der Waals surface area contributed by atoms with Gasteiger partial charge < -0.3 is 15.2 Å². The molecule has 2 N–H and O–H groups in total. The van der Waals surface area contributed by atoms with Crippen molar-refractivity contribution in [2.75, 3.05) is 6.54 Å². The second-order valence-electron chi connectivity index (χ2n) is 4.70. The molecule has 0 aliphatic rings. The summed E-state index contributed by atoms with van der Waals surface area (Å²) >= 11 is 0. The predicted molar refractivity (Wildman–Crippen MR) is 66.3 cm³/mol. The van der Waals surface area contributed by atoms with Crippen LogP contribution in [-0.4, -0.2) is 24.1 Å². The average molecular weight is 251 g/mol. The summed E-state index contributed by atoms with van der Waals surface area (Å²) in [6, 6.07) is 6.11. The molecule has 1 aromatic rings. The van der Waals surface area contributed by atoms with Gasteiger partial charge in [-0.3, -0.25) is 4.79 Å². The quantitative estimate of drug-likeness (QED) is 0.650. The second-order valence-corrected chi connectivity index (χ2v) is 4.70. The summed E-state index contributed by atoms with van der Waals surface area (Å²) in [6.07, 6.45) is 0. The Bertz CT molecular complexity index is 431. The number of carbonyl (C=O) groups is 2.